The number of carbonyl (C=O) groups excluding carboxylic acids is 3. The summed E-state index contributed by atoms with van der Waals surface area (Å²) in [4.78, 5) is 46.6. The molecule has 3 N–H and O–H groups in total. The van der Waals surface area contributed by atoms with E-state index >= 15 is 0 Å². The molecule has 216 valence electrons. The molecule has 1 rings (SSSR count). The van der Waals surface area contributed by atoms with Gasteiger partial charge < -0.3 is 35.1 Å². The number of nitrogens with one attached hydrogen (secondary N) is 2. The Bertz CT molecular complexity index is 946. The molecule has 2 atom stereocenters. The minimum atomic E-state index is -1.35. The van der Waals surface area contributed by atoms with Crippen molar-refractivity contribution in [2.45, 2.75) is 123 Å². The highest BCUT2D eigenvalue weighted by Gasteiger charge is 2.24. The molecule has 12 nitrogen and oxygen atoms in total. The number of carboxylic acids is 2. The Morgan fingerprint density at radius 2 is 1.42 bits per heavy atom. The second kappa shape index (κ2) is 14.6. The molecule has 0 unspecified atom stereocenters. The molecule has 0 saturated carbocycles. The van der Waals surface area contributed by atoms with Crippen LogP contribution in [0.15, 0.2) is 12.5 Å². The summed E-state index contributed by atoms with van der Waals surface area (Å²) in [5.74, 6) is -2.45. The maximum Gasteiger partial charge on any atom is 0.408 e. The molecule has 0 fully saturated rings. The highest BCUT2D eigenvalue weighted by Crippen LogP contribution is 2.10. The van der Waals surface area contributed by atoms with Crippen molar-refractivity contribution in [1.82, 2.24) is 15.2 Å². The Morgan fingerprint density at radius 1 is 0.921 bits per heavy atom. The maximum absolute atomic E-state index is 11.9. The molecular weight excluding hydrogens is 496 g/mol. The van der Waals surface area contributed by atoms with Crippen LogP contribution in [0.25, 0.3) is 0 Å². The van der Waals surface area contributed by atoms with Crippen molar-refractivity contribution in [2.75, 3.05) is 0 Å². The first-order valence-corrected chi connectivity index (χ1v) is 13.0. The van der Waals surface area contributed by atoms with E-state index in [1.54, 1.807) is 41.5 Å². The van der Waals surface area contributed by atoms with Gasteiger partial charge in [0.15, 0.2) is 0 Å². The molecule has 0 aromatic carbocycles. The van der Waals surface area contributed by atoms with E-state index in [9.17, 15) is 29.4 Å². The van der Waals surface area contributed by atoms with Crippen molar-refractivity contribution in [1.29, 1.82) is 0 Å². The third kappa shape index (κ3) is 13.8. The molecule has 1 aromatic heterocycles. The van der Waals surface area contributed by atoms with Gasteiger partial charge in [0.2, 0.25) is 6.33 Å². The van der Waals surface area contributed by atoms with Crippen molar-refractivity contribution in [3.8, 4) is 0 Å². The lowest BCUT2D eigenvalue weighted by Gasteiger charge is -2.24. The van der Waals surface area contributed by atoms with Crippen LogP contribution in [0, 0.1) is 6.92 Å². The Labute approximate surface area is 224 Å². The zero-order valence-corrected chi connectivity index (χ0v) is 23.7. The van der Waals surface area contributed by atoms with Gasteiger partial charge in [-0.15, -0.1) is 0 Å². The zero-order chi connectivity index (χ0) is 29.1. The van der Waals surface area contributed by atoms with E-state index in [1.807, 2.05) is 24.0 Å². The van der Waals surface area contributed by atoms with Gasteiger partial charge in [0.05, 0.1) is 25.1 Å². The van der Waals surface area contributed by atoms with Crippen LogP contribution < -0.4 is 20.3 Å². The largest absolute Gasteiger partial charge is 0.548 e. The molecule has 12 heteroatoms. The number of hydrogen-bond donors (Lipinski definition) is 3. The SMILES string of the molecule is Cc1c[n+](CCCC[C@H](NC(=O)OC(C)(C)C)C(=O)[O-])cn1CCCC[C@H](NC(=O)OC(C)(C)C)C(=O)O. The number of rotatable bonds is 14. The molecule has 0 saturated heterocycles. The number of carbonyl (C=O) groups is 4. The van der Waals surface area contributed by atoms with E-state index in [-0.39, 0.29) is 12.8 Å². The van der Waals surface area contributed by atoms with Crippen LogP contribution in [-0.2, 0) is 32.2 Å². The van der Waals surface area contributed by atoms with Crippen molar-refractivity contribution >= 4 is 24.1 Å². The van der Waals surface area contributed by atoms with E-state index in [0.29, 0.717) is 32.4 Å². The highest BCUT2D eigenvalue weighted by atomic mass is 16.6. The number of ether oxygens (including phenoxy) is 2. The monoisotopic (exact) mass is 540 g/mol. The number of unbranched alkanes of at least 4 members (excludes halogenated alkanes) is 2. The summed E-state index contributed by atoms with van der Waals surface area (Å²) < 4.78 is 14.3. The quantitative estimate of drug-likeness (QED) is 0.238. The summed E-state index contributed by atoms with van der Waals surface area (Å²) in [7, 11) is 0. The van der Waals surface area contributed by atoms with Crippen molar-refractivity contribution in [3.05, 3.63) is 18.2 Å². The average Bonchev–Trinajstić information content (AvgIpc) is 3.08. The van der Waals surface area contributed by atoms with E-state index in [2.05, 4.69) is 15.2 Å². The highest BCUT2D eigenvalue weighted by molar-refractivity contribution is 5.80. The van der Waals surface area contributed by atoms with Gasteiger partial charge in [-0.05, 0) is 80.1 Å². The number of aromatic nitrogens is 2. The number of carboxylic acid groups (broad SMARTS) is 2. The van der Waals surface area contributed by atoms with Crippen LogP contribution in [0.4, 0.5) is 9.59 Å². The lowest BCUT2D eigenvalue weighted by molar-refractivity contribution is -0.697. The Hall–Kier alpha value is -3.31. The number of nitrogens with zero attached hydrogens (tertiary/aromatic N) is 2. The van der Waals surface area contributed by atoms with Crippen LogP contribution in [0.2, 0.25) is 0 Å². The van der Waals surface area contributed by atoms with Gasteiger partial charge in [0.1, 0.15) is 29.1 Å². The average molecular weight is 541 g/mol. The van der Waals surface area contributed by atoms with E-state index in [0.717, 1.165) is 12.1 Å². The first-order valence-electron chi connectivity index (χ1n) is 13.0. The molecular formula is C26H44N4O8. The van der Waals surface area contributed by atoms with E-state index < -0.39 is 47.4 Å². The zero-order valence-electron chi connectivity index (χ0n) is 23.7. The minimum absolute atomic E-state index is 0.226. The fraction of sp³-hybridized carbons (Fsp3) is 0.731. The first kappa shape index (κ1) is 32.7. The summed E-state index contributed by atoms with van der Waals surface area (Å²) in [6, 6.07) is -2.14. The molecule has 0 aliphatic heterocycles. The van der Waals surface area contributed by atoms with Crippen LogP contribution in [0.5, 0.6) is 0 Å². The summed E-state index contributed by atoms with van der Waals surface area (Å²) in [5, 5.41) is 25.5. The summed E-state index contributed by atoms with van der Waals surface area (Å²) >= 11 is 0. The number of imidazole rings is 1. The molecule has 1 heterocycles. The van der Waals surface area contributed by atoms with Gasteiger partial charge in [-0.25, -0.2) is 23.5 Å². The van der Waals surface area contributed by atoms with Gasteiger partial charge in [0, 0.05) is 6.92 Å². The summed E-state index contributed by atoms with van der Waals surface area (Å²) in [6.07, 6.45) is 5.49. The topological polar surface area (TPSA) is 163 Å². The molecule has 0 aliphatic carbocycles. The molecule has 1 aromatic rings. The Kier molecular flexibility index (Phi) is 12.6. The summed E-state index contributed by atoms with van der Waals surface area (Å²) in [5.41, 5.74) is -0.400. The third-order valence-corrected chi connectivity index (χ3v) is 5.36. The van der Waals surface area contributed by atoms with E-state index in [1.165, 1.54) is 0 Å². The summed E-state index contributed by atoms with van der Waals surface area (Å²) in [6.45, 7) is 13.5. The van der Waals surface area contributed by atoms with Gasteiger partial charge in [-0.3, -0.25) is 0 Å². The van der Waals surface area contributed by atoms with E-state index in [4.69, 9.17) is 9.47 Å². The lowest BCUT2D eigenvalue weighted by Crippen LogP contribution is -2.49. The van der Waals surface area contributed by atoms with Crippen molar-refractivity contribution in [2.24, 2.45) is 0 Å². The number of amides is 2. The predicted molar refractivity (Wildman–Crippen MR) is 136 cm³/mol. The Balaban J connectivity index is 2.45. The van der Waals surface area contributed by atoms with Crippen LogP contribution in [0.1, 0.15) is 85.8 Å². The normalized spacial score (nSPS) is 13.3. The lowest BCUT2D eigenvalue weighted by atomic mass is 10.1. The fourth-order valence-electron chi connectivity index (χ4n) is 3.65. The molecule has 0 aliphatic rings. The molecule has 38 heavy (non-hydrogen) atoms. The van der Waals surface area contributed by atoms with Crippen molar-refractivity contribution in [3.63, 3.8) is 0 Å². The number of aryl methyl sites for hydroxylation is 3. The van der Waals surface area contributed by atoms with Crippen LogP contribution in [-0.4, -0.2) is 57.1 Å². The van der Waals surface area contributed by atoms with Crippen LogP contribution in [0.3, 0.4) is 0 Å². The predicted octanol–water partition coefficient (Wildman–Crippen LogP) is 2.05. The minimum Gasteiger partial charge on any atom is -0.548 e. The molecule has 0 bridgehead atoms. The second-order valence-electron chi connectivity index (χ2n) is 11.4. The van der Waals surface area contributed by atoms with Gasteiger partial charge in [0.25, 0.3) is 0 Å². The standard InChI is InChI=1S/C26H44N4O8/c1-18-16-29(14-10-8-12-19(21(31)32)27-23(35)37-25(2,3)4)17-30(18)15-11-9-13-20(22(33)34)28-24(36)38-26(5,6)7/h16-17,19-20H,8-15H2,1-7H3,(H3-,27,28,31,32,33,34,35,36)/t19-,20-/m0/s1. The Morgan fingerprint density at radius 3 is 1.92 bits per heavy atom. The number of alkyl carbamates (subject to hydrolysis) is 2. The van der Waals surface area contributed by atoms with Crippen molar-refractivity contribution < 1.29 is 43.4 Å². The fourth-order valence-corrected chi connectivity index (χ4v) is 3.65. The second-order valence-corrected chi connectivity index (χ2v) is 11.4. The molecule has 0 radical (unpaired) electrons. The third-order valence-electron chi connectivity index (χ3n) is 5.36. The maximum atomic E-state index is 11.9. The molecule has 0 spiro atoms. The number of aliphatic carboxylic acids is 2. The smallest absolute Gasteiger partial charge is 0.408 e. The number of hydrogen-bond acceptors (Lipinski definition) is 7. The molecule has 2 amide bonds. The first-order chi connectivity index (χ1) is 17.5. The van der Waals surface area contributed by atoms with Gasteiger partial charge in [-0.1, -0.05) is 0 Å². The van der Waals surface area contributed by atoms with Gasteiger partial charge in [-0.2, -0.15) is 0 Å². The van der Waals surface area contributed by atoms with Gasteiger partial charge >= 0.3 is 18.2 Å². The van der Waals surface area contributed by atoms with Crippen LogP contribution >= 0.6 is 0 Å².